The van der Waals surface area contributed by atoms with Gasteiger partial charge in [0.1, 0.15) is 104 Å². The van der Waals surface area contributed by atoms with Crippen LogP contribution in [0.1, 0.15) is 113 Å². The van der Waals surface area contributed by atoms with E-state index in [0.717, 1.165) is 0 Å². The van der Waals surface area contributed by atoms with E-state index in [9.17, 15) is 96.4 Å². The molecule has 34 atom stereocenters. The maximum atomic E-state index is 14.6. The van der Waals surface area contributed by atoms with Crippen LogP contribution >= 0.6 is 0 Å². The summed E-state index contributed by atoms with van der Waals surface area (Å²) in [6.45, 7) is 11.8. The van der Waals surface area contributed by atoms with Crippen LogP contribution in [0.15, 0.2) is 12.2 Å². The lowest BCUT2D eigenvalue weighted by Crippen LogP contribution is -2.68. The Kier molecular flexibility index (Phi) is 20.8. The van der Waals surface area contributed by atoms with Crippen molar-refractivity contribution in [2.24, 2.45) is 45.3 Å². The second-order valence-corrected chi connectivity index (χ2v) is 28.0. The average molecular weight is 1270 g/mol. The zero-order valence-corrected chi connectivity index (χ0v) is 50.9. The van der Waals surface area contributed by atoms with Crippen molar-refractivity contribution in [1.29, 1.82) is 0 Å². The van der Waals surface area contributed by atoms with Crippen LogP contribution in [0.3, 0.4) is 0 Å². The van der Waals surface area contributed by atoms with Gasteiger partial charge in [-0.15, -0.1) is 0 Å². The van der Waals surface area contributed by atoms with Crippen molar-refractivity contribution >= 4 is 11.9 Å². The van der Waals surface area contributed by atoms with E-state index >= 15 is 0 Å². The van der Waals surface area contributed by atoms with E-state index in [1.807, 2.05) is 0 Å². The van der Waals surface area contributed by atoms with Gasteiger partial charge in [0.25, 0.3) is 0 Å². The zero-order chi connectivity index (χ0) is 64.9. The van der Waals surface area contributed by atoms with Gasteiger partial charge in [0.15, 0.2) is 30.8 Å². The Morgan fingerprint density at radius 3 is 1.70 bits per heavy atom. The molecule has 9 rings (SSSR count). The lowest BCUT2D eigenvalue weighted by atomic mass is 9.35. The predicted octanol–water partition coefficient (Wildman–Crippen LogP) is -4.12. The van der Waals surface area contributed by atoms with Gasteiger partial charge >= 0.3 is 11.9 Å². The number of rotatable bonds is 17. The normalized spacial score (nSPS) is 52.5. The quantitative estimate of drug-likeness (QED) is 0.0374. The zero-order valence-electron chi connectivity index (χ0n) is 50.9. The SMILES string of the molecule is C[C@@H]1O[C@@H](OC[C@H]2O[C@@H](O[C@@H]3[C@@H](O[C@@H]4O[C@@H](C)[C@H](O)[C@@H](O)[C@H]4O)[C@H](O[C@H]4CC[C@@]5(C)[C@@H](CC[C@]6(C)[C@@H]5CC[C@@H]5[C@@H]([C@@](O)(C/C=C/C(C)(C)O)C(=O)O[C@@H]7O[C@H](CO)[C@@H](O)[C@H](O)[C@H]7O)CC[C@]56C)[C@@]4(C)C(=O)O)OC[C@@H]3O)[C@H](O)[C@@H](O)[C@@H]2O)[C@H](O)[C@H](O)[C@H]1O. The van der Waals surface area contributed by atoms with E-state index in [4.69, 9.17) is 47.4 Å². The first-order chi connectivity index (χ1) is 41.0. The van der Waals surface area contributed by atoms with E-state index in [-0.39, 0.29) is 24.7 Å². The molecule has 0 bridgehead atoms. The number of carboxylic acids is 1. The van der Waals surface area contributed by atoms with Gasteiger partial charge in [-0.25, -0.2) is 4.79 Å². The van der Waals surface area contributed by atoms with Crippen molar-refractivity contribution < 1.29 is 144 Å². The smallest absolute Gasteiger partial charge is 0.341 e. The highest BCUT2D eigenvalue weighted by Gasteiger charge is 2.73. The van der Waals surface area contributed by atoms with E-state index in [2.05, 4.69) is 20.8 Å². The summed E-state index contributed by atoms with van der Waals surface area (Å²) in [6.07, 6.45) is -36.3. The fourth-order valence-corrected chi connectivity index (χ4v) is 17.1. The molecule has 88 heavy (non-hydrogen) atoms. The number of aliphatic carboxylic acids is 1. The summed E-state index contributed by atoms with van der Waals surface area (Å²) >= 11 is 0. The summed E-state index contributed by atoms with van der Waals surface area (Å²) in [5.74, 6) is -4.20. The first kappa shape index (κ1) is 70.0. The molecule has 9 fully saturated rings. The van der Waals surface area contributed by atoms with E-state index in [1.54, 1.807) is 6.92 Å². The van der Waals surface area contributed by atoms with E-state index in [0.29, 0.717) is 44.9 Å². The molecule has 5 aliphatic heterocycles. The molecule has 5 heterocycles. The molecule has 4 aliphatic carbocycles. The number of carbonyl (C=O) groups is 2. The summed E-state index contributed by atoms with van der Waals surface area (Å²) in [5.41, 5.74) is -7.14. The molecule has 29 heteroatoms. The van der Waals surface area contributed by atoms with Crippen molar-refractivity contribution in [2.45, 2.75) is 278 Å². The third kappa shape index (κ3) is 12.3. The minimum atomic E-state index is -2.29. The van der Waals surface area contributed by atoms with Gasteiger partial charge < -0.3 is 134 Å². The molecule has 0 aromatic carbocycles. The molecule has 0 radical (unpaired) electrons. The first-order valence-corrected chi connectivity index (χ1v) is 30.8. The summed E-state index contributed by atoms with van der Waals surface area (Å²) < 4.78 is 59.6. The summed E-state index contributed by atoms with van der Waals surface area (Å²) in [7, 11) is 0. The molecule has 0 spiro atoms. The number of aliphatic hydroxyl groups is 16. The van der Waals surface area contributed by atoms with Crippen molar-refractivity contribution in [3.05, 3.63) is 12.2 Å². The minimum absolute atomic E-state index is 0.109. The van der Waals surface area contributed by atoms with Gasteiger partial charge in [-0.2, -0.15) is 0 Å². The lowest BCUT2D eigenvalue weighted by Gasteiger charge is -2.69. The third-order valence-corrected chi connectivity index (χ3v) is 22.4. The molecule has 17 N–H and O–H groups in total. The molecule has 9 aliphatic rings. The largest absolute Gasteiger partial charge is 0.481 e. The van der Waals surface area contributed by atoms with Gasteiger partial charge in [0.05, 0.1) is 49.1 Å². The summed E-state index contributed by atoms with van der Waals surface area (Å²) in [6, 6.07) is 0. The number of hydrogen-bond acceptors (Lipinski definition) is 28. The van der Waals surface area contributed by atoms with Crippen LogP contribution in [-0.4, -0.2) is 283 Å². The molecule has 0 unspecified atom stereocenters. The maximum absolute atomic E-state index is 14.6. The monoisotopic (exact) mass is 1270 g/mol. The van der Waals surface area contributed by atoms with Gasteiger partial charge in [-0.1, -0.05) is 32.9 Å². The van der Waals surface area contributed by atoms with Crippen LogP contribution in [0.25, 0.3) is 0 Å². The Balaban J connectivity index is 0.967. The van der Waals surface area contributed by atoms with Crippen molar-refractivity contribution in [3.63, 3.8) is 0 Å². The number of fused-ring (bicyclic) bond motifs is 5. The predicted molar refractivity (Wildman–Crippen MR) is 294 cm³/mol. The average Bonchev–Trinajstić information content (AvgIpc) is 1.33. The highest BCUT2D eigenvalue weighted by Crippen LogP contribution is 2.76. The Hall–Kier alpha value is -2.32. The second kappa shape index (κ2) is 26.1. The third-order valence-electron chi connectivity index (χ3n) is 22.4. The minimum Gasteiger partial charge on any atom is -0.481 e. The van der Waals surface area contributed by atoms with Crippen LogP contribution in [0.4, 0.5) is 0 Å². The van der Waals surface area contributed by atoms with Crippen molar-refractivity contribution in [1.82, 2.24) is 0 Å². The fraction of sp³-hybridized carbons (Fsp3) is 0.932. The molecule has 29 nitrogen and oxygen atoms in total. The number of carboxylic acid groups (broad SMARTS) is 1. The molecular formula is C59H96O29. The number of aliphatic hydroxyl groups excluding tert-OH is 14. The number of esters is 1. The van der Waals surface area contributed by atoms with E-state index < -0.39 is 230 Å². The molecule has 0 aromatic rings. The Morgan fingerprint density at radius 1 is 0.568 bits per heavy atom. The Labute approximate surface area is 509 Å². The Morgan fingerprint density at radius 2 is 1.10 bits per heavy atom. The van der Waals surface area contributed by atoms with Crippen LogP contribution < -0.4 is 0 Å². The van der Waals surface area contributed by atoms with Gasteiger partial charge in [-0.05, 0) is 120 Å². The fourth-order valence-electron chi connectivity index (χ4n) is 17.1. The van der Waals surface area contributed by atoms with Crippen molar-refractivity contribution in [3.8, 4) is 0 Å². The molecule has 4 saturated carbocycles. The topological polar surface area (TPSA) is 470 Å². The van der Waals surface area contributed by atoms with Gasteiger partial charge in [-0.3, -0.25) is 4.79 Å². The highest BCUT2D eigenvalue weighted by molar-refractivity contribution is 5.80. The highest BCUT2D eigenvalue weighted by atomic mass is 16.8. The van der Waals surface area contributed by atoms with Crippen LogP contribution in [0.5, 0.6) is 0 Å². The van der Waals surface area contributed by atoms with Gasteiger partial charge in [0.2, 0.25) is 6.29 Å². The number of ether oxygens (including phenoxy) is 10. The molecule has 0 amide bonds. The molecule has 506 valence electrons. The summed E-state index contributed by atoms with van der Waals surface area (Å²) in [5, 5.41) is 186. The lowest BCUT2D eigenvalue weighted by molar-refractivity contribution is -0.389. The number of hydrogen-bond donors (Lipinski definition) is 17. The Bertz CT molecular complexity index is 2440. The van der Waals surface area contributed by atoms with Crippen LogP contribution in [0.2, 0.25) is 0 Å². The second-order valence-electron chi connectivity index (χ2n) is 28.0. The first-order valence-electron chi connectivity index (χ1n) is 30.8. The maximum Gasteiger partial charge on any atom is 0.341 e. The summed E-state index contributed by atoms with van der Waals surface area (Å²) in [4.78, 5) is 28.8. The van der Waals surface area contributed by atoms with Crippen LogP contribution in [0, 0.1) is 45.3 Å². The molecule has 0 aromatic heterocycles. The standard InChI is InChI=1S/C59H96O29/c1-23-33(62)37(66)41(70)47(81-23)80-22-29-36(65)40(69)43(72)49(84-29)86-45-27(61)21-79-51(46(45)87-48-42(71)38(67)34(63)24(2)82-48)85-32-14-17-55(5)30-11-10-25-26(12-18-56(25,6)57(30,7)19-13-31(55)58(32,8)52(74)75)59(78,16-9-15-54(3,4)77)53(76)88-50-44(73)39(68)35(64)28(20-60)83-50/h9,15,23-51,60-73,77-78H,10-14,16-22H2,1-8H3,(H,74,75)/b15-9+/t23-,24-,25+,26-,27-,28+,29+,30+,31+,32-,33-,34-,35+,36+,37+,38+,39-,40-,41+,42+,43+,44+,45-,46+,47+,48-,49-,50-,51-,55+,56+,57+,58+,59-/m0/s1. The van der Waals surface area contributed by atoms with Crippen LogP contribution in [-0.2, 0) is 57.0 Å². The van der Waals surface area contributed by atoms with Gasteiger partial charge in [0, 0.05) is 12.3 Å². The van der Waals surface area contributed by atoms with Crippen molar-refractivity contribution in [2.75, 3.05) is 19.8 Å². The number of carbonyl (C=O) groups excluding carboxylic acids is 1. The van der Waals surface area contributed by atoms with E-state index in [1.165, 1.54) is 39.8 Å². The molecule has 5 saturated heterocycles. The molecular weight excluding hydrogens is 1170 g/mol.